The molecule has 0 saturated heterocycles. The van der Waals surface area contributed by atoms with Crippen molar-refractivity contribution in [2.24, 2.45) is 4.99 Å². The zero-order valence-corrected chi connectivity index (χ0v) is 12.2. The minimum atomic E-state index is -1.24. The van der Waals surface area contributed by atoms with E-state index in [1.165, 1.54) is 0 Å². The Labute approximate surface area is 125 Å². The van der Waals surface area contributed by atoms with Crippen LogP contribution in [0.2, 0.25) is 5.02 Å². The molecule has 0 radical (unpaired) electrons. The van der Waals surface area contributed by atoms with E-state index in [-0.39, 0.29) is 0 Å². The first-order valence-corrected chi connectivity index (χ1v) is 7.83. The molecule has 0 aliphatic carbocycles. The zero-order chi connectivity index (χ0) is 13.9. The maximum absolute atomic E-state index is 12.7. The highest BCUT2D eigenvalue weighted by molar-refractivity contribution is 7.85. The lowest BCUT2D eigenvalue weighted by Crippen LogP contribution is -2.21. The molecule has 0 bridgehead atoms. The molecule has 1 aliphatic heterocycles. The van der Waals surface area contributed by atoms with Gasteiger partial charge in [0.15, 0.2) is 0 Å². The highest BCUT2D eigenvalue weighted by Gasteiger charge is 2.17. The monoisotopic (exact) mass is 304 g/mol. The summed E-state index contributed by atoms with van der Waals surface area (Å²) in [5.74, 6) is 0.822. The van der Waals surface area contributed by atoms with E-state index in [0.29, 0.717) is 5.02 Å². The first-order chi connectivity index (χ1) is 9.75. The Morgan fingerprint density at radius 3 is 2.55 bits per heavy atom. The number of nitrogens with zero attached hydrogens (tertiary/aromatic N) is 1. The summed E-state index contributed by atoms with van der Waals surface area (Å²) in [4.78, 5) is 5.91. The number of hydrogen-bond acceptors (Lipinski definition) is 3. The number of amidine groups is 1. The summed E-state index contributed by atoms with van der Waals surface area (Å²) in [6, 6.07) is 14.7. The highest BCUT2D eigenvalue weighted by atomic mass is 35.5. The molecule has 2 aromatic rings. The third kappa shape index (κ3) is 2.62. The fraction of sp³-hybridized carbons (Fsp3) is 0.133. The summed E-state index contributed by atoms with van der Waals surface area (Å²) in [6.07, 6.45) is 0. The van der Waals surface area contributed by atoms with Gasteiger partial charge in [-0.1, -0.05) is 29.8 Å². The van der Waals surface area contributed by atoms with Crippen molar-refractivity contribution >= 4 is 28.2 Å². The molecule has 0 spiro atoms. The lowest BCUT2D eigenvalue weighted by Gasteiger charge is -2.09. The Kier molecular flexibility index (Phi) is 3.85. The van der Waals surface area contributed by atoms with Crippen LogP contribution in [0.4, 0.5) is 0 Å². The van der Waals surface area contributed by atoms with Crippen LogP contribution in [-0.2, 0) is 10.8 Å². The predicted octanol–water partition coefficient (Wildman–Crippen LogP) is 2.86. The maximum Gasteiger partial charge on any atom is 0.129 e. The summed E-state index contributed by atoms with van der Waals surface area (Å²) in [6.45, 7) is 1.59. The van der Waals surface area contributed by atoms with E-state index in [4.69, 9.17) is 11.6 Å². The van der Waals surface area contributed by atoms with Gasteiger partial charge in [0.1, 0.15) is 5.84 Å². The maximum atomic E-state index is 12.7. The van der Waals surface area contributed by atoms with Gasteiger partial charge in [0.2, 0.25) is 0 Å². The van der Waals surface area contributed by atoms with Crippen LogP contribution in [0.25, 0.3) is 0 Å². The topological polar surface area (TPSA) is 41.5 Å². The predicted molar refractivity (Wildman–Crippen MR) is 82.0 cm³/mol. The van der Waals surface area contributed by atoms with Crippen LogP contribution >= 0.6 is 11.6 Å². The van der Waals surface area contributed by atoms with Gasteiger partial charge in [0.05, 0.1) is 22.2 Å². The molecule has 1 atom stereocenters. The molecule has 0 aromatic heterocycles. The van der Waals surface area contributed by atoms with E-state index in [9.17, 15) is 4.21 Å². The second-order valence-electron chi connectivity index (χ2n) is 4.38. The number of hydrogen-bond donors (Lipinski definition) is 1. The summed E-state index contributed by atoms with van der Waals surface area (Å²) in [5, 5.41) is 3.86. The molecular weight excluding hydrogens is 292 g/mol. The summed E-state index contributed by atoms with van der Waals surface area (Å²) >= 11 is 5.87. The van der Waals surface area contributed by atoms with Crippen LogP contribution in [0.5, 0.6) is 0 Å². The Morgan fingerprint density at radius 1 is 1.10 bits per heavy atom. The summed E-state index contributed by atoms with van der Waals surface area (Å²) in [5.41, 5.74) is 0.901. The van der Waals surface area contributed by atoms with Crippen molar-refractivity contribution in [3.63, 3.8) is 0 Å². The quantitative estimate of drug-likeness (QED) is 0.947. The zero-order valence-electron chi connectivity index (χ0n) is 10.7. The normalized spacial score (nSPS) is 15.6. The first-order valence-electron chi connectivity index (χ1n) is 6.31. The van der Waals surface area contributed by atoms with Crippen LogP contribution in [0, 0.1) is 0 Å². The number of rotatable bonds is 3. The second kappa shape index (κ2) is 5.77. The van der Waals surface area contributed by atoms with Crippen molar-refractivity contribution in [1.29, 1.82) is 0 Å². The van der Waals surface area contributed by atoms with Crippen LogP contribution in [0.3, 0.4) is 0 Å². The van der Waals surface area contributed by atoms with Gasteiger partial charge in [-0.15, -0.1) is 0 Å². The highest BCUT2D eigenvalue weighted by Crippen LogP contribution is 2.22. The third-order valence-electron chi connectivity index (χ3n) is 3.04. The smallest absolute Gasteiger partial charge is 0.129 e. The number of benzene rings is 2. The van der Waals surface area contributed by atoms with E-state index < -0.39 is 10.8 Å². The lowest BCUT2D eigenvalue weighted by atomic mass is 10.2. The van der Waals surface area contributed by atoms with Crippen molar-refractivity contribution in [3.05, 3.63) is 59.1 Å². The fourth-order valence-electron chi connectivity index (χ4n) is 2.09. The molecule has 0 unspecified atom stereocenters. The Bertz CT molecular complexity index is 683. The average molecular weight is 305 g/mol. The van der Waals surface area contributed by atoms with E-state index in [0.717, 1.165) is 34.3 Å². The molecule has 5 heteroatoms. The van der Waals surface area contributed by atoms with Gasteiger partial charge in [0.25, 0.3) is 0 Å². The molecule has 102 valence electrons. The van der Waals surface area contributed by atoms with Crippen molar-refractivity contribution in [1.82, 2.24) is 5.32 Å². The molecular formula is C15H13ClN2OS. The van der Waals surface area contributed by atoms with Crippen molar-refractivity contribution in [3.8, 4) is 0 Å². The van der Waals surface area contributed by atoms with Crippen molar-refractivity contribution < 1.29 is 4.21 Å². The average Bonchev–Trinajstić information content (AvgIpc) is 3.01. The van der Waals surface area contributed by atoms with Gasteiger partial charge in [-0.25, -0.2) is 4.21 Å². The Balaban J connectivity index is 2.01. The molecule has 2 aromatic carbocycles. The number of aliphatic imine (C=N–C) groups is 1. The van der Waals surface area contributed by atoms with Crippen molar-refractivity contribution in [2.75, 3.05) is 13.1 Å². The molecule has 20 heavy (non-hydrogen) atoms. The van der Waals surface area contributed by atoms with Crippen molar-refractivity contribution in [2.45, 2.75) is 9.79 Å². The SMILES string of the molecule is O=[S@@](c1ccc(Cl)cc1)c1ccccc1C1=NCCN1. The van der Waals surface area contributed by atoms with E-state index in [1.54, 1.807) is 24.3 Å². The van der Waals surface area contributed by atoms with E-state index in [2.05, 4.69) is 10.3 Å². The van der Waals surface area contributed by atoms with Gasteiger partial charge in [-0.05, 0) is 30.3 Å². The molecule has 0 amide bonds. The van der Waals surface area contributed by atoms with Crippen LogP contribution in [0.1, 0.15) is 5.56 Å². The molecule has 1 heterocycles. The van der Waals surface area contributed by atoms with Gasteiger partial charge >= 0.3 is 0 Å². The minimum Gasteiger partial charge on any atom is -0.368 e. The molecule has 0 saturated carbocycles. The largest absolute Gasteiger partial charge is 0.368 e. The number of nitrogens with one attached hydrogen (secondary N) is 1. The van der Waals surface area contributed by atoms with E-state index >= 15 is 0 Å². The molecule has 0 fully saturated rings. The number of halogens is 1. The Hall–Kier alpha value is -1.65. The van der Waals surface area contributed by atoms with Crippen LogP contribution < -0.4 is 5.32 Å². The first kappa shape index (κ1) is 13.3. The van der Waals surface area contributed by atoms with Gasteiger partial charge in [-0.3, -0.25) is 4.99 Å². The Morgan fingerprint density at radius 2 is 1.85 bits per heavy atom. The van der Waals surface area contributed by atoms with Crippen LogP contribution in [0.15, 0.2) is 63.3 Å². The van der Waals surface area contributed by atoms with Gasteiger partial charge < -0.3 is 5.32 Å². The third-order valence-corrected chi connectivity index (χ3v) is 4.75. The second-order valence-corrected chi connectivity index (χ2v) is 6.26. The summed E-state index contributed by atoms with van der Waals surface area (Å²) < 4.78 is 12.7. The molecule has 3 nitrogen and oxygen atoms in total. The standard InChI is InChI=1S/C15H13ClN2OS/c16-11-5-7-12(8-6-11)20(19)14-4-2-1-3-13(14)15-17-9-10-18-15/h1-8H,9-10H2,(H,17,18)/t20-/m0/s1. The fourth-order valence-corrected chi connectivity index (χ4v) is 3.42. The molecule has 1 aliphatic rings. The van der Waals surface area contributed by atoms with E-state index in [1.807, 2.05) is 24.3 Å². The molecule has 3 rings (SSSR count). The van der Waals surface area contributed by atoms with Gasteiger partial charge in [0, 0.05) is 22.0 Å². The minimum absolute atomic E-state index is 0.640. The van der Waals surface area contributed by atoms with Gasteiger partial charge in [-0.2, -0.15) is 0 Å². The summed E-state index contributed by atoms with van der Waals surface area (Å²) in [7, 11) is -1.24. The lowest BCUT2D eigenvalue weighted by molar-refractivity contribution is 0.683. The van der Waals surface area contributed by atoms with Crippen LogP contribution in [-0.4, -0.2) is 23.1 Å². The molecule has 1 N–H and O–H groups in total.